The zero-order valence-electron chi connectivity index (χ0n) is 19.2. The van der Waals surface area contributed by atoms with Crippen molar-refractivity contribution in [3.8, 4) is 6.07 Å². The van der Waals surface area contributed by atoms with E-state index in [0.29, 0.717) is 24.3 Å². The highest BCUT2D eigenvalue weighted by atomic mass is 28.3. The third-order valence-corrected chi connectivity index (χ3v) is 11.2. The van der Waals surface area contributed by atoms with Crippen LogP contribution in [0.3, 0.4) is 0 Å². The second-order valence-corrected chi connectivity index (χ2v) is 16.6. The number of imidazole rings is 1. The summed E-state index contributed by atoms with van der Waals surface area (Å²) in [6.07, 6.45) is 14.5. The monoisotopic (exact) mass is 433 g/mol. The molecule has 2 aliphatic rings. The highest BCUT2D eigenvalue weighted by molar-refractivity contribution is 6.77. The normalized spacial score (nSPS) is 27.5. The van der Waals surface area contributed by atoms with Gasteiger partial charge in [-0.05, 0) is 56.1 Å². The van der Waals surface area contributed by atoms with Gasteiger partial charge in [0.1, 0.15) is 17.0 Å². The molecule has 2 saturated carbocycles. The molecule has 0 unspecified atom stereocenters. The molecule has 6 heteroatoms. The summed E-state index contributed by atoms with van der Waals surface area (Å²) in [7, 11) is -1.08. The Labute approximate surface area is 186 Å². The molecule has 5 nitrogen and oxygen atoms in total. The van der Waals surface area contributed by atoms with Crippen LogP contribution in [-0.4, -0.2) is 27.6 Å². The standard InChI is InChI=1S/C25H35N5Si/c1-31(2,3)20-10-6-18(7-11-20)25-29-22-16-28-24-21(13-15-27-24)23(22)30(25)19-8-4-17(5-9-19)12-14-26/h13,15-20H,4-12H2,1-3H3,(H,27,28). The van der Waals surface area contributed by atoms with Crippen molar-refractivity contribution < 1.29 is 0 Å². The molecule has 0 bridgehead atoms. The highest BCUT2D eigenvalue weighted by Crippen LogP contribution is 2.46. The third kappa shape index (κ3) is 3.82. The fraction of sp³-hybridized carbons (Fsp3) is 0.640. The number of nitriles is 1. The van der Waals surface area contributed by atoms with Gasteiger partial charge in [-0.3, -0.25) is 0 Å². The van der Waals surface area contributed by atoms with Gasteiger partial charge in [-0.2, -0.15) is 5.26 Å². The topological polar surface area (TPSA) is 70.3 Å². The molecule has 1 N–H and O–H groups in total. The molecule has 3 aromatic rings. The lowest BCUT2D eigenvalue weighted by molar-refractivity contribution is 0.271. The fourth-order valence-electron chi connectivity index (χ4n) is 6.22. The van der Waals surface area contributed by atoms with Crippen LogP contribution < -0.4 is 0 Å². The molecule has 2 fully saturated rings. The number of nitrogens with zero attached hydrogens (tertiary/aromatic N) is 4. The van der Waals surface area contributed by atoms with Crippen LogP contribution in [0.25, 0.3) is 22.1 Å². The van der Waals surface area contributed by atoms with E-state index in [0.717, 1.165) is 42.4 Å². The van der Waals surface area contributed by atoms with E-state index in [1.807, 2.05) is 12.4 Å². The smallest absolute Gasteiger partial charge is 0.139 e. The van der Waals surface area contributed by atoms with Gasteiger partial charge in [-0.15, -0.1) is 0 Å². The maximum Gasteiger partial charge on any atom is 0.139 e. The van der Waals surface area contributed by atoms with E-state index in [9.17, 15) is 0 Å². The number of hydrogen-bond donors (Lipinski definition) is 1. The first-order valence-corrected chi connectivity index (χ1v) is 15.7. The minimum Gasteiger partial charge on any atom is -0.346 e. The van der Waals surface area contributed by atoms with Crippen LogP contribution in [0.5, 0.6) is 0 Å². The molecule has 0 spiro atoms. The minimum atomic E-state index is -1.08. The van der Waals surface area contributed by atoms with Gasteiger partial charge < -0.3 is 9.55 Å². The van der Waals surface area contributed by atoms with Crippen molar-refractivity contribution in [2.75, 3.05) is 0 Å². The lowest BCUT2D eigenvalue weighted by atomic mass is 9.83. The Kier molecular flexibility index (Phi) is 5.41. The Morgan fingerprint density at radius 1 is 1.10 bits per heavy atom. The fourth-order valence-corrected chi connectivity index (χ4v) is 8.29. The van der Waals surface area contributed by atoms with E-state index in [1.54, 1.807) is 0 Å². The van der Waals surface area contributed by atoms with Gasteiger partial charge >= 0.3 is 0 Å². The maximum atomic E-state index is 9.12. The van der Waals surface area contributed by atoms with Crippen molar-refractivity contribution in [3.63, 3.8) is 0 Å². The first-order valence-electron chi connectivity index (χ1n) is 12.2. The van der Waals surface area contributed by atoms with Crippen LogP contribution >= 0.6 is 0 Å². The van der Waals surface area contributed by atoms with E-state index < -0.39 is 8.07 Å². The van der Waals surface area contributed by atoms with Crippen LogP contribution in [0.15, 0.2) is 18.5 Å². The largest absolute Gasteiger partial charge is 0.346 e. The lowest BCUT2D eigenvalue weighted by Gasteiger charge is -2.37. The molecule has 0 amide bonds. The molecule has 164 valence electrons. The number of aromatic nitrogens is 4. The number of pyridine rings is 1. The molecule has 0 aliphatic heterocycles. The van der Waals surface area contributed by atoms with Crippen molar-refractivity contribution in [2.45, 2.75) is 94.9 Å². The molecule has 0 saturated heterocycles. The summed E-state index contributed by atoms with van der Waals surface area (Å²) in [5, 5.41) is 10.3. The third-order valence-electron chi connectivity index (χ3n) is 8.14. The number of aromatic amines is 1. The van der Waals surface area contributed by atoms with Crippen molar-refractivity contribution in [1.29, 1.82) is 5.26 Å². The maximum absolute atomic E-state index is 9.12. The molecule has 0 aromatic carbocycles. The van der Waals surface area contributed by atoms with Crippen LogP contribution in [0.1, 0.15) is 75.6 Å². The van der Waals surface area contributed by atoms with Gasteiger partial charge in [0.2, 0.25) is 0 Å². The average molecular weight is 434 g/mol. The van der Waals surface area contributed by atoms with Gasteiger partial charge in [-0.1, -0.05) is 32.5 Å². The molecule has 0 radical (unpaired) electrons. The SMILES string of the molecule is C[Si](C)(C)C1CCC(c2nc3cnc4[nH]ccc4c3n2C2CCC(CC#N)CC2)CC1. The summed E-state index contributed by atoms with van der Waals surface area (Å²) in [5.41, 5.74) is 4.23. The molecule has 3 aromatic heterocycles. The van der Waals surface area contributed by atoms with Crippen LogP contribution in [-0.2, 0) is 0 Å². The summed E-state index contributed by atoms with van der Waals surface area (Å²) in [6.45, 7) is 7.59. The first-order chi connectivity index (χ1) is 15.0. The Balaban J connectivity index is 1.53. The quantitative estimate of drug-likeness (QED) is 0.454. The highest BCUT2D eigenvalue weighted by Gasteiger charge is 2.35. The molecule has 0 atom stereocenters. The van der Waals surface area contributed by atoms with Gasteiger partial charge in [0.15, 0.2) is 0 Å². The van der Waals surface area contributed by atoms with Crippen molar-refractivity contribution in [2.24, 2.45) is 5.92 Å². The zero-order valence-corrected chi connectivity index (χ0v) is 20.2. The minimum absolute atomic E-state index is 0.491. The van der Waals surface area contributed by atoms with E-state index >= 15 is 0 Å². The summed E-state index contributed by atoms with van der Waals surface area (Å²) in [6, 6.07) is 5.04. The predicted molar refractivity (Wildman–Crippen MR) is 129 cm³/mol. The van der Waals surface area contributed by atoms with Gasteiger partial charge in [-0.25, -0.2) is 9.97 Å². The predicted octanol–water partition coefficient (Wildman–Crippen LogP) is 6.92. The molecular weight excluding hydrogens is 398 g/mol. The Hall–Kier alpha value is -2.13. The molecular formula is C25H35N5Si. The second kappa shape index (κ2) is 8.09. The van der Waals surface area contributed by atoms with Crippen molar-refractivity contribution in [1.82, 2.24) is 19.5 Å². The second-order valence-electron chi connectivity index (χ2n) is 11.0. The van der Waals surface area contributed by atoms with Crippen molar-refractivity contribution >= 4 is 30.1 Å². The molecule has 31 heavy (non-hydrogen) atoms. The molecule has 2 aliphatic carbocycles. The number of hydrogen-bond acceptors (Lipinski definition) is 3. The average Bonchev–Trinajstić information content (AvgIpc) is 3.38. The Morgan fingerprint density at radius 3 is 2.52 bits per heavy atom. The number of fused-ring (bicyclic) bond motifs is 3. The summed E-state index contributed by atoms with van der Waals surface area (Å²) in [4.78, 5) is 13.2. The van der Waals surface area contributed by atoms with Gasteiger partial charge in [0.25, 0.3) is 0 Å². The summed E-state index contributed by atoms with van der Waals surface area (Å²) >= 11 is 0. The Morgan fingerprint density at radius 2 is 1.84 bits per heavy atom. The Bertz CT molecular complexity index is 1100. The molecule has 5 rings (SSSR count). The number of H-pyrrole nitrogens is 1. The van der Waals surface area contributed by atoms with Crippen molar-refractivity contribution in [3.05, 3.63) is 24.3 Å². The number of rotatable bonds is 4. The van der Waals surface area contributed by atoms with Crippen LogP contribution in [0, 0.1) is 17.2 Å². The van der Waals surface area contributed by atoms with Crippen LogP contribution in [0.2, 0.25) is 25.2 Å². The number of nitrogens with one attached hydrogen (secondary N) is 1. The molecule has 3 heterocycles. The van der Waals surface area contributed by atoms with E-state index in [-0.39, 0.29) is 0 Å². The van der Waals surface area contributed by atoms with E-state index in [2.05, 4.69) is 46.3 Å². The lowest BCUT2D eigenvalue weighted by Crippen LogP contribution is -2.31. The van der Waals surface area contributed by atoms with Gasteiger partial charge in [0, 0.05) is 38.0 Å². The van der Waals surface area contributed by atoms with Gasteiger partial charge in [0.05, 0.1) is 17.8 Å². The van der Waals surface area contributed by atoms with Crippen LogP contribution in [0.4, 0.5) is 0 Å². The summed E-state index contributed by atoms with van der Waals surface area (Å²) < 4.78 is 2.62. The summed E-state index contributed by atoms with van der Waals surface area (Å²) in [5.74, 6) is 2.44. The zero-order chi connectivity index (χ0) is 21.6. The van der Waals surface area contributed by atoms with E-state index in [1.165, 1.54) is 42.4 Å². The van der Waals surface area contributed by atoms with E-state index in [4.69, 9.17) is 10.2 Å². The first kappa shape index (κ1) is 20.8.